The largest absolute Gasteiger partial charge is 0.307 e. The molecule has 11 rings (SSSR count). The number of rotatable bonds is 6. The summed E-state index contributed by atoms with van der Waals surface area (Å²) < 4.78 is 4.70. The number of imidazole rings is 1. The van der Waals surface area contributed by atoms with Crippen molar-refractivity contribution in [3.05, 3.63) is 194 Å². The van der Waals surface area contributed by atoms with Crippen LogP contribution in [0.4, 0.5) is 0 Å². The second kappa shape index (κ2) is 13.0. The van der Waals surface area contributed by atoms with Crippen LogP contribution in [0.1, 0.15) is 0 Å². The Morgan fingerprint density at radius 1 is 0.304 bits per heavy atom. The molecule has 11 aromatic rings. The highest BCUT2D eigenvalue weighted by Gasteiger charge is 2.25. The molecule has 0 atom stereocenters. The zero-order valence-corrected chi connectivity index (χ0v) is 30.2. The summed E-state index contributed by atoms with van der Waals surface area (Å²) in [7, 11) is 0. The van der Waals surface area contributed by atoms with Crippen molar-refractivity contribution in [2.24, 2.45) is 0 Å². The minimum absolute atomic E-state index is 0.619. The summed E-state index contributed by atoms with van der Waals surface area (Å²) in [4.78, 5) is 20.5. The van der Waals surface area contributed by atoms with E-state index in [0.717, 1.165) is 66.9 Å². The molecule has 0 aliphatic rings. The lowest BCUT2D eigenvalue weighted by Crippen LogP contribution is -2.00. The molecule has 8 aromatic carbocycles. The van der Waals surface area contributed by atoms with Gasteiger partial charge in [0.05, 0.1) is 16.6 Å². The summed E-state index contributed by atoms with van der Waals surface area (Å²) in [5.41, 5.74) is 10.1. The van der Waals surface area contributed by atoms with Crippen LogP contribution in [0.3, 0.4) is 0 Å². The van der Waals surface area contributed by atoms with E-state index in [9.17, 15) is 0 Å². The molecule has 0 bridgehead atoms. The van der Waals surface area contributed by atoms with Crippen molar-refractivity contribution >= 4 is 43.6 Å². The Hall–Kier alpha value is -7.70. The molecule has 56 heavy (non-hydrogen) atoms. The van der Waals surface area contributed by atoms with Gasteiger partial charge >= 0.3 is 0 Å². The lowest BCUT2D eigenvalue weighted by molar-refractivity contribution is 1.07. The van der Waals surface area contributed by atoms with Gasteiger partial charge in [-0.1, -0.05) is 152 Å². The minimum atomic E-state index is 0.619. The Morgan fingerprint density at radius 3 is 1.34 bits per heavy atom. The molecule has 0 fully saturated rings. The summed E-state index contributed by atoms with van der Waals surface area (Å²) in [5, 5.41) is 4.70. The molecule has 0 saturated heterocycles. The Kier molecular flexibility index (Phi) is 7.38. The van der Waals surface area contributed by atoms with Crippen LogP contribution in [0.5, 0.6) is 0 Å². The summed E-state index contributed by atoms with van der Waals surface area (Å²) in [6.07, 6.45) is 0. The van der Waals surface area contributed by atoms with E-state index < -0.39 is 0 Å². The van der Waals surface area contributed by atoms with Crippen LogP contribution in [-0.4, -0.2) is 29.1 Å². The topological polar surface area (TPSA) is 61.4 Å². The molecule has 0 unspecified atom stereocenters. The van der Waals surface area contributed by atoms with Gasteiger partial charge in [0.25, 0.3) is 0 Å². The summed E-state index contributed by atoms with van der Waals surface area (Å²) >= 11 is 0. The number of benzene rings is 8. The molecular weight excluding hydrogens is 685 g/mol. The van der Waals surface area contributed by atoms with Crippen LogP contribution < -0.4 is 0 Å². The van der Waals surface area contributed by atoms with Crippen molar-refractivity contribution in [1.82, 2.24) is 29.1 Å². The fraction of sp³-hybridized carbons (Fsp3) is 0. The van der Waals surface area contributed by atoms with Crippen LogP contribution in [0, 0.1) is 0 Å². The number of para-hydroxylation sites is 2. The average Bonchev–Trinajstić information content (AvgIpc) is 3.85. The van der Waals surface area contributed by atoms with E-state index in [1.807, 2.05) is 60.7 Å². The monoisotopic (exact) mass is 716 g/mol. The Labute approximate surface area is 322 Å². The molecule has 0 N–H and O–H groups in total. The van der Waals surface area contributed by atoms with Crippen LogP contribution in [0.2, 0.25) is 0 Å². The van der Waals surface area contributed by atoms with Gasteiger partial charge in [-0.3, -0.25) is 4.57 Å². The molecule has 3 heterocycles. The van der Waals surface area contributed by atoms with Gasteiger partial charge in [-0.2, -0.15) is 0 Å². The lowest BCUT2D eigenvalue weighted by atomic mass is 10.0. The molecule has 0 aliphatic carbocycles. The van der Waals surface area contributed by atoms with E-state index in [0.29, 0.717) is 17.5 Å². The lowest BCUT2D eigenvalue weighted by Gasteiger charge is -2.13. The summed E-state index contributed by atoms with van der Waals surface area (Å²) in [6, 6.07) is 67.2. The Bertz CT molecular complexity index is 3150. The van der Waals surface area contributed by atoms with E-state index >= 15 is 0 Å². The average molecular weight is 717 g/mol. The highest BCUT2D eigenvalue weighted by molar-refractivity contribution is 6.31. The minimum Gasteiger partial charge on any atom is -0.307 e. The van der Waals surface area contributed by atoms with E-state index in [4.69, 9.17) is 19.9 Å². The second-order valence-corrected chi connectivity index (χ2v) is 13.9. The summed E-state index contributed by atoms with van der Waals surface area (Å²) in [5.74, 6) is 2.79. The van der Waals surface area contributed by atoms with Crippen molar-refractivity contribution in [1.29, 1.82) is 0 Å². The SMILES string of the molecule is c1ccc(-c2nc(-c3ccccc3)nc(-c3ccc(-n4c5ccccc5c5c6ccccc6c6c(nc(-c7ccccc7)n6-c6ccccc6)c54)cc3)n2)cc1. The standard InChI is InChI=1S/C50H32N6/c1-5-17-33(18-6-1)47-52-48(34-19-7-2-8-20-34)54-49(53-47)35-29-31-38(32-30-35)55-42-28-16-15-27-41(42)43-39-25-13-14-26-40(39)45-44(46(43)55)51-50(36-21-9-3-10-22-36)56(45)37-23-11-4-12-24-37/h1-32H. The predicted octanol–water partition coefficient (Wildman–Crippen LogP) is 12.1. The maximum Gasteiger partial charge on any atom is 0.164 e. The molecule has 0 amide bonds. The van der Waals surface area contributed by atoms with Crippen LogP contribution >= 0.6 is 0 Å². The van der Waals surface area contributed by atoms with Crippen LogP contribution in [0.15, 0.2) is 194 Å². The first kappa shape index (κ1) is 31.8. The van der Waals surface area contributed by atoms with Gasteiger partial charge in [-0.15, -0.1) is 0 Å². The van der Waals surface area contributed by atoms with Crippen molar-refractivity contribution < 1.29 is 0 Å². The van der Waals surface area contributed by atoms with Gasteiger partial charge in [0.2, 0.25) is 0 Å². The van der Waals surface area contributed by atoms with Gasteiger partial charge in [0, 0.05) is 49.8 Å². The van der Waals surface area contributed by atoms with Gasteiger partial charge in [-0.25, -0.2) is 19.9 Å². The van der Waals surface area contributed by atoms with E-state index in [1.165, 1.54) is 16.2 Å². The van der Waals surface area contributed by atoms with Crippen LogP contribution in [0.25, 0.3) is 101 Å². The second-order valence-electron chi connectivity index (χ2n) is 13.9. The van der Waals surface area contributed by atoms with E-state index in [1.54, 1.807) is 0 Å². The molecule has 0 saturated carbocycles. The fourth-order valence-electron chi connectivity index (χ4n) is 8.05. The first-order valence-electron chi connectivity index (χ1n) is 18.7. The fourth-order valence-corrected chi connectivity index (χ4v) is 8.05. The molecule has 6 nitrogen and oxygen atoms in total. The van der Waals surface area contributed by atoms with Crippen molar-refractivity contribution in [3.8, 4) is 56.9 Å². The Morgan fingerprint density at radius 2 is 0.750 bits per heavy atom. The van der Waals surface area contributed by atoms with E-state index in [-0.39, 0.29) is 0 Å². The van der Waals surface area contributed by atoms with E-state index in [2.05, 4.69) is 143 Å². The molecular formula is C50H32N6. The third-order valence-corrected chi connectivity index (χ3v) is 10.6. The molecule has 3 aromatic heterocycles. The normalized spacial score (nSPS) is 11.6. The highest BCUT2D eigenvalue weighted by Crippen LogP contribution is 2.44. The van der Waals surface area contributed by atoms with Crippen molar-refractivity contribution in [2.75, 3.05) is 0 Å². The third-order valence-electron chi connectivity index (χ3n) is 10.6. The Balaban J connectivity index is 1.18. The number of hydrogen-bond acceptors (Lipinski definition) is 4. The smallest absolute Gasteiger partial charge is 0.164 e. The molecule has 0 aliphatic heterocycles. The third kappa shape index (κ3) is 5.11. The van der Waals surface area contributed by atoms with Gasteiger partial charge in [-0.05, 0) is 47.9 Å². The highest BCUT2D eigenvalue weighted by atomic mass is 15.1. The predicted molar refractivity (Wildman–Crippen MR) is 228 cm³/mol. The molecule has 262 valence electrons. The van der Waals surface area contributed by atoms with Crippen molar-refractivity contribution in [2.45, 2.75) is 0 Å². The van der Waals surface area contributed by atoms with Crippen LogP contribution in [-0.2, 0) is 0 Å². The number of nitrogens with zero attached hydrogens (tertiary/aromatic N) is 6. The first-order chi connectivity index (χ1) is 27.8. The summed E-state index contributed by atoms with van der Waals surface area (Å²) in [6.45, 7) is 0. The number of hydrogen-bond donors (Lipinski definition) is 0. The maximum atomic E-state index is 5.58. The first-order valence-corrected chi connectivity index (χ1v) is 18.7. The maximum absolute atomic E-state index is 5.58. The quantitative estimate of drug-likeness (QED) is 0.172. The number of fused-ring (bicyclic) bond motifs is 8. The zero-order chi connectivity index (χ0) is 37.0. The molecule has 0 radical (unpaired) electrons. The van der Waals surface area contributed by atoms with Gasteiger partial charge < -0.3 is 4.57 Å². The van der Waals surface area contributed by atoms with Gasteiger partial charge in [0.15, 0.2) is 17.5 Å². The molecule has 6 heteroatoms. The zero-order valence-electron chi connectivity index (χ0n) is 30.2. The molecule has 0 spiro atoms. The van der Waals surface area contributed by atoms with Crippen molar-refractivity contribution in [3.63, 3.8) is 0 Å². The number of aromatic nitrogens is 6. The van der Waals surface area contributed by atoms with Gasteiger partial charge in [0.1, 0.15) is 11.3 Å².